The summed E-state index contributed by atoms with van der Waals surface area (Å²) in [6.07, 6.45) is 0. The van der Waals surface area contributed by atoms with Crippen molar-refractivity contribution in [2.75, 3.05) is 9.80 Å². The number of ether oxygens (including phenoxy) is 1. The van der Waals surface area contributed by atoms with E-state index in [9.17, 15) is 0 Å². The molecule has 13 rings (SSSR count). The van der Waals surface area contributed by atoms with Gasteiger partial charge in [0.15, 0.2) is 5.75 Å². The lowest BCUT2D eigenvalue weighted by Gasteiger charge is -2.41. The molecule has 306 valence electrons. The Morgan fingerprint density at radius 2 is 0.846 bits per heavy atom. The van der Waals surface area contributed by atoms with Gasteiger partial charge >= 0.3 is 0 Å². The van der Waals surface area contributed by atoms with Gasteiger partial charge in [-0.2, -0.15) is 0 Å². The maximum absolute atomic E-state index is 7.29. The normalized spacial score (nSPS) is 12.9. The molecule has 0 bridgehead atoms. The molecule has 2 aliphatic rings. The van der Waals surface area contributed by atoms with Crippen molar-refractivity contribution in [1.29, 1.82) is 0 Å². The molecule has 0 unspecified atom stereocenters. The molecule has 0 N–H and O–H groups in total. The highest BCUT2D eigenvalue weighted by molar-refractivity contribution is 6.07. The van der Waals surface area contributed by atoms with E-state index in [0.29, 0.717) is 0 Å². The molecule has 10 aromatic carbocycles. The zero-order chi connectivity index (χ0) is 42.9. The molecular weight excluding hydrogens is 793 g/mol. The summed E-state index contributed by atoms with van der Waals surface area (Å²) in [5, 5.41) is 2.13. The van der Waals surface area contributed by atoms with Gasteiger partial charge in [0.05, 0.1) is 11.1 Å². The van der Waals surface area contributed by atoms with Crippen LogP contribution in [-0.4, -0.2) is 0 Å². The number of hydrogen-bond acceptors (Lipinski definition) is 4. The van der Waals surface area contributed by atoms with Gasteiger partial charge in [-0.3, -0.25) is 0 Å². The van der Waals surface area contributed by atoms with Crippen molar-refractivity contribution in [1.82, 2.24) is 0 Å². The minimum atomic E-state index is -0.609. The Labute approximate surface area is 377 Å². The van der Waals surface area contributed by atoms with E-state index < -0.39 is 5.41 Å². The molecule has 4 nitrogen and oxygen atoms in total. The van der Waals surface area contributed by atoms with Crippen molar-refractivity contribution in [2.24, 2.45) is 0 Å². The number of rotatable bonds is 7. The Morgan fingerprint density at radius 1 is 0.323 bits per heavy atom. The fraction of sp³-hybridized carbons (Fsp3) is 0.0164. The summed E-state index contributed by atoms with van der Waals surface area (Å²) in [7, 11) is 0. The van der Waals surface area contributed by atoms with Crippen molar-refractivity contribution >= 4 is 56.1 Å². The van der Waals surface area contributed by atoms with E-state index in [-0.39, 0.29) is 0 Å². The molecule has 0 saturated heterocycles. The van der Waals surface area contributed by atoms with E-state index in [2.05, 4.69) is 240 Å². The van der Waals surface area contributed by atoms with Gasteiger partial charge in [-0.1, -0.05) is 164 Å². The van der Waals surface area contributed by atoms with Gasteiger partial charge in [-0.05, 0) is 112 Å². The van der Waals surface area contributed by atoms with Crippen LogP contribution in [0.5, 0.6) is 11.5 Å². The molecule has 0 saturated carbocycles. The molecule has 11 aromatic rings. The number of benzene rings is 10. The molecule has 2 heterocycles. The first-order chi connectivity index (χ1) is 32.2. The van der Waals surface area contributed by atoms with Crippen LogP contribution in [0, 0.1) is 0 Å². The standard InChI is InChI=1S/C61H40N2O2/c1-3-17-41(18-4-1)42-33-35-44(36-34-42)62(43-19-5-2-6-20-43)45-21-15-22-46(39-45)63(47-37-38-58-51(40-47)50-25-9-13-31-57(50)64-58)56-30-16-29-55-60(56)65-59-32-14-12-28-54(59)61(55)52-26-10-7-23-48(52)49-24-8-11-27-53(49)61/h1-40H. The average Bonchev–Trinajstić information content (AvgIpc) is 3.89. The molecule has 0 amide bonds. The lowest BCUT2D eigenvalue weighted by atomic mass is 9.66. The molecular formula is C61H40N2O2. The van der Waals surface area contributed by atoms with Crippen molar-refractivity contribution in [3.05, 3.63) is 265 Å². The van der Waals surface area contributed by atoms with E-state index in [1.807, 2.05) is 12.1 Å². The van der Waals surface area contributed by atoms with Crippen molar-refractivity contribution in [3.63, 3.8) is 0 Å². The van der Waals surface area contributed by atoms with Crippen LogP contribution in [0.25, 0.3) is 44.2 Å². The molecule has 1 aliphatic heterocycles. The van der Waals surface area contributed by atoms with E-state index in [4.69, 9.17) is 9.15 Å². The van der Waals surface area contributed by atoms with Gasteiger partial charge in [-0.15, -0.1) is 0 Å². The van der Waals surface area contributed by atoms with Crippen molar-refractivity contribution in [2.45, 2.75) is 5.41 Å². The number of para-hydroxylation sites is 4. The number of fused-ring (bicyclic) bond motifs is 12. The van der Waals surface area contributed by atoms with Gasteiger partial charge in [-0.25, -0.2) is 0 Å². The summed E-state index contributed by atoms with van der Waals surface area (Å²) in [5.74, 6) is 1.66. The fourth-order valence-corrected chi connectivity index (χ4v) is 10.5. The zero-order valence-corrected chi connectivity index (χ0v) is 35.3. The first kappa shape index (κ1) is 37.0. The maximum atomic E-state index is 7.29. The third kappa shape index (κ3) is 5.71. The van der Waals surface area contributed by atoms with Crippen LogP contribution in [0.4, 0.5) is 34.1 Å². The second-order valence-corrected chi connectivity index (χ2v) is 16.8. The van der Waals surface area contributed by atoms with Crippen LogP contribution in [0.3, 0.4) is 0 Å². The van der Waals surface area contributed by atoms with E-state index >= 15 is 0 Å². The predicted molar refractivity (Wildman–Crippen MR) is 266 cm³/mol. The smallest absolute Gasteiger partial charge is 0.156 e. The van der Waals surface area contributed by atoms with Crippen LogP contribution >= 0.6 is 0 Å². The summed E-state index contributed by atoms with van der Waals surface area (Å²) in [5.41, 5.74) is 16.7. The maximum Gasteiger partial charge on any atom is 0.156 e. The Hall–Kier alpha value is -8.60. The lowest BCUT2D eigenvalue weighted by molar-refractivity contribution is 0.437. The Balaban J connectivity index is 1.05. The Morgan fingerprint density at radius 3 is 1.62 bits per heavy atom. The quantitative estimate of drug-likeness (QED) is 0.160. The van der Waals surface area contributed by atoms with Crippen LogP contribution < -0.4 is 14.5 Å². The summed E-state index contributed by atoms with van der Waals surface area (Å²) in [6.45, 7) is 0. The largest absolute Gasteiger partial charge is 0.456 e. The van der Waals surface area contributed by atoms with Crippen LogP contribution in [0.2, 0.25) is 0 Å². The second-order valence-electron chi connectivity index (χ2n) is 16.8. The monoisotopic (exact) mass is 832 g/mol. The Bertz CT molecular complexity index is 3550. The van der Waals surface area contributed by atoms with Crippen LogP contribution in [0.1, 0.15) is 22.3 Å². The topological polar surface area (TPSA) is 28.9 Å². The molecule has 1 aliphatic carbocycles. The van der Waals surface area contributed by atoms with Gasteiger partial charge in [0.25, 0.3) is 0 Å². The van der Waals surface area contributed by atoms with E-state index in [1.165, 1.54) is 33.4 Å². The summed E-state index contributed by atoms with van der Waals surface area (Å²) in [6, 6.07) is 86.7. The first-order valence-corrected chi connectivity index (χ1v) is 22.2. The van der Waals surface area contributed by atoms with Gasteiger partial charge in [0.2, 0.25) is 0 Å². The van der Waals surface area contributed by atoms with Crippen molar-refractivity contribution < 1.29 is 9.15 Å². The third-order valence-electron chi connectivity index (χ3n) is 13.3. The molecule has 0 radical (unpaired) electrons. The Kier molecular flexibility index (Phi) is 8.40. The summed E-state index contributed by atoms with van der Waals surface area (Å²) < 4.78 is 13.7. The van der Waals surface area contributed by atoms with Crippen LogP contribution in [0.15, 0.2) is 247 Å². The van der Waals surface area contributed by atoms with E-state index in [0.717, 1.165) is 78.7 Å². The van der Waals surface area contributed by atoms with Gasteiger partial charge < -0.3 is 19.0 Å². The molecule has 65 heavy (non-hydrogen) atoms. The molecule has 0 fully saturated rings. The van der Waals surface area contributed by atoms with Gasteiger partial charge in [0.1, 0.15) is 16.9 Å². The number of hydrogen-bond donors (Lipinski definition) is 0. The highest BCUT2D eigenvalue weighted by Crippen LogP contribution is 2.64. The highest BCUT2D eigenvalue weighted by Gasteiger charge is 2.51. The van der Waals surface area contributed by atoms with Gasteiger partial charge in [0, 0.05) is 50.3 Å². The number of nitrogens with zero attached hydrogens (tertiary/aromatic N) is 2. The minimum Gasteiger partial charge on any atom is -0.456 e. The minimum absolute atomic E-state index is 0.609. The molecule has 0 atom stereocenters. The zero-order valence-electron chi connectivity index (χ0n) is 35.3. The second kappa shape index (κ2) is 14.8. The SMILES string of the molecule is c1ccc(-c2ccc(N(c3ccccc3)c3cccc(N(c4ccc5oc6ccccc6c5c4)c4cccc5c4Oc4ccccc4C54c5ccccc5-c5ccccc54)c3)cc2)cc1. The average molecular weight is 833 g/mol. The number of anilines is 6. The summed E-state index contributed by atoms with van der Waals surface area (Å²) in [4.78, 5) is 4.69. The highest BCUT2D eigenvalue weighted by atomic mass is 16.5. The van der Waals surface area contributed by atoms with Crippen LogP contribution in [-0.2, 0) is 5.41 Å². The van der Waals surface area contributed by atoms with E-state index in [1.54, 1.807) is 0 Å². The first-order valence-electron chi connectivity index (χ1n) is 22.2. The fourth-order valence-electron chi connectivity index (χ4n) is 10.5. The third-order valence-corrected chi connectivity index (χ3v) is 13.3. The molecule has 1 aromatic heterocycles. The lowest BCUT2D eigenvalue weighted by Crippen LogP contribution is -2.32. The molecule has 1 spiro atoms. The van der Waals surface area contributed by atoms with Crippen molar-refractivity contribution in [3.8, 4) is 33.8 Å². The summed E-state index contributed by atoms with van der Waals surface area (Å²) >= 11 is 0. The number of furan rings is 1. The molecule has 4 heteroatoms. The predicted octanol–water partition coefficient (Wildman–Crippen LogP) is 16.7.